The van der Waals surface area contributed by atoms with Crippen molar-refractivity contribution >= 4 is 11.8 Å². The van der Waals surface area contributed by atoms with E-state index >= 15 is 0 Å². The second-order valence-electron chi connectivity index (χ2n) is 4.04. The fraction of sp³-hybridized carbons (Fsp3) is 0.308. The van der Waals surface area contributed by atoms with Gasteiger partial charge in [0, 0.05) is 29.9 Å². The molecule has 90 valence electrons. The molecule has 0 spiro atoms. The van der Waals surface area contributed by atoms with E-state index in [0.717, 1.165) is 11.4 Å². The normalized spacial score (nSPS) is 10.8. The van der Waals surface area contributed by atoms with Crippen molar-refractivity contribution in [1.82, 2.24) is 9.78 Å². The molecule has 0 unspecified atom stereocenters. The number of rotatable bonds is 4. The van der Waals surface area contributed by atoms with E-state index in [2.05, 4.69) is 35.4 Å². The van der Waals surface area contributed by atoms with Gasteiger partial charge in [0.1, 0.15) is 0 Å². The molecule has 1 heterocycles. The van der Waals surface area contributed by atoms with Crippen LogP contribution >= 0.6 is 11.8 Å². The number of aryl methyl sites for hydroxylation is 2. The van der Waals surface area contributed by atoms with E-state index < -0.39 is 0 Å². The van der Waals surface area contributed by atoms with Crippen molar-refractivity contribution in [3.63, 3.8) is 0 Å². The highest BCUT2D eigenvalue weighted by Gasteiger charge is 2.03. The number of hydrogen-bond donors (Lipinski definition) is 1. The molecule has 4 heteroatoms. The van der Waals surface area contributed by atoms with Gasteiger partial charge in [0.05, 0.1) is 5.69 Å². The zero-order chi connectivity index (χ0) is 12.3. The van der Waals surface area contributed by atoms with E-state index in [1.807, 2.05) is 30.4 Å². The Morgan fingerprint density at radius 3 is 2.82 bits per heavy atom. The first-order valence-corrected chi connectivity index (χ1v) is 6.59. The van der Waals surface area contributed by atoms with Crippen LogP contribution in [-0.4, -0.2) is 9.78 Å². The zero-order valence-corrected chi connectivity index (χ0v) is 11.0. The minimum Gasteiger partial charge on any atom is -0.326 e. The molecule has 0 aliphatic carbocycles. The largest absolute Gasteiger partial charge is 0.326 e. The van der Waals surface area contributed by atoms with Gasteiger partial charge in [0.15, 0.2) is 0 Å². The molecule has 2 aromatic rings. The second-order valence-corrected chi connectivity index (χ2v) is 5.09. The molecular weight excluding hydrogens is 230 g/mol. The van der Waals surface area contributed by atoms with Crippen LogP contribution in [0.3, 0.4) is 0 Å². The molecule has 0 atom stereocenters. The van der Waals surface area contributed by atoms with Crippen molar-refractivity contribution in [2.75, 3.05) is 0 Å². The average molecular weight is 247 g/mol. The molecule has 0 aliphatic heterocycles. The van der Waals surface area contributed by atoms with Gasteiger partial charge < -0.3 is 5.73 Å². The zero-order valence-electron chi connectivity index (χ0n) is 10.2. The summed E-state index contributed by atoms with van der Waals surface area (Å²) in [4.78, 5) is 1.26. The Morgan fingerprint density at radius 2 is 2.18 bits per heavy atom. The van der Waals surface area contributed by atoms with E-state index in [1.165, 1.54) is 16.2 Å². The van der Waals surface area contributed by atoms with Crippen LogP contribution in [0.1, 0.15) is 17.0 Å². The number of hydrogen-bond acceptors (Lipinski definition) is 3. The van der Waals surface area contributed by atoms with Crippen LogP contribution in [0.25, 0.3) is 0 Å². The minimum absolute atomic E-state index is 0.596. The summed E-state index contributed by atoms with van der Waals surface area (Å²) in [5, 5.41) is 4.34. The topological polar surface area (TPSA) is 43.8 Å². The predicted octanol–water partition coefficient (Wildman–Crippen LogP) is 2.48. The molecule has 0 fully saturated rings. The van der Waals surface area contributed by atoms with E-state index in [0.29, 0.717) is 6.54 Å². The second kappa shape index (κ2) is 5.38. The highest BCUT2D eigenvalue weighted by atomic mass is 32.2. The molecule has 0 radical (unpaired) electrons. The fourth-order valence-corrected chi connectivity index (χ4v) is 2.71. The van der Waals surface area contributed by atoms with Gasteiger partial charge in [-0.25, -0.2) is 0 Å². The molecule has 2 N–H and O–H groups in total. The molecule has 0 aliphatic rings. The summed E-state index contributed by atoms with van der Waals surface area (Å²) in [6.45, 7) is 2.61. The summed E-state index contributed by atoms with van der Waals surface area (Å²) >= 11 is 1.81. The van der Waals surface area contributed by atoms with Gasteiger partial charge in [-0.05, 0) is 30.7 Å². The highest BCUT2D eigenvalue weighted by Crippen LogP contribution is 2.23. The lowest BCUT2D eigenvalue weighted by Crippen LogP contribution is -1.97. The molecule has 0 amide bonds. The average Bonchev–Trinajstić information content (AvgIpc) is 2.65. The lowest BCUT2D eigenvalue weighted by molar-refractivity contribution is 0.727. The minimum atomic E-state index is 0.596. The maximum atomic E-state index is 5.63. The summed E-state index contributed by atoms with van der Waals surface area (Å²) in [5.41, 5.74) is 9.12. The molecular formula is C13H17N3S. The Bertz CT molecular complexity index is 505. The van der Waals surface area contributed by atoms with Crippen LogP contribution in [0, 0.1) is 6.92 Å². The molecule has 2 rings (SSSR count). The first-order valence-electron chi connectivity index (χ1n) is 5.60. The molecule has 0 bridgehead atoms. The fourth-order valence-electron chi connectivity index (χ4n) is 1.72. The predicted molar refractivity (Wildman–Crippen MR) is 71.8 cm³/mol. The third-order valence-corrected chi connectivity index (χ3v) is 3.65. The monoisotopic (exact) mass is 247 g/mol. The lowest BCUT2D eigenvalue weighted by atomic mass is 10.2. The van der Waals surface area contributed by atoms with E-state index in [1.54, 1.807) is 0 Å². The SMILES string of the molecule is Cc1cc(CSc2cccc(CN)c2)n(C)n1. The molecule has 0 saturated heterocycles. The van der Waals surface area contributed by atoms with Crippen molar-refractivity contribution in [2.45, 2.75) is 24.1 Å². The van der Waals surface area contributed by atoms with Gasteiger partial charge in [-0.3, -0.25) is 4.68 Å². The molecule has 0 saturated carbocycles. The number of thioether (sulfide) groups is 1. The van der Waals surface area contributed by atoms with E-state index in [4.69, 9.17) is 5.73 Å². The van der Waals surface area contributed by atoms with Crippen molar-refractivity contribution in [1.29, 1.82) is 0 Å². The summed E-state index contributed by atoms with van der Waals surface area (Å²) in [6.07, 6.45) is 0. The van der Waals surface area contributed by atoms with Gasteiger partial charge in [-0.15, -0.1) is 11.8 Å². The first kappa shape index (κ1) is 12.2. The molecule has 1 aromatic carbocycles. The van der Waals surface area contributed by atoms with Crippen LogP contribution in [0.4, 0.5) is 0 Å². The van der Waals surface area contributed by atoms with Crippen LogP contribution < -0.4 is 5.73 Å². The number of benzene rings is 1. The van der Waals surface area contributed by atoms with Gasteiger partial charge in [-0.2, -0.15) is 5.10 Å². The molecule has 17 heavy (non-hydrogen) atoms. The Labute approximate surface area is 106 Å². The molecule has 1 aromatic heterocycles. The maximum absolute atomic E-state index is 5.63. The summed E-state index contributed by atoms with van der Waals surface area (Å²) < 4.78 is 1.94. The smallest absolute Gasteiger partial charge is 0.0596 e. The summed E-state index contributed by atoms with van der Waals surface area (Å²) in [7, 11) is 1.99. The van der Waals surface area contributed by atoms with Crippen molar-refractivity contribution in [2.24, 2.45) is 12.8 Å². The van der Waals surface area contributed by atoms with Crippen LogP contribution in [0.2, 0.25) is 0 Å². The van der Waals surface area contributed by atoms with Crippen molar-refractivity contribution in [3.8, 4) is 0 Å². The third kappa shape index (κ3) is 3.11. The van der Waals surface area contributed by atoms with E-state index in [-0.39, 0.29) is 0 Å². The van der Waals surface area contributed by atoms with E-state index in [9.17, 15) is 0 Å². The first-order chi connectivity index (χ1) is 8.19. The third-order valence-electron chi connectivity index (χ3n) is 2.62. The standard InChI is InChI=1S/C13H17N3S/c1-10-6-12(16(2)15-10)9-17-13-5-3-4-11(7-13)8-14/h3-7H,8-9,14H2,1-2H3. The number of nitrogens with two attached hydrogens (primary N) is 1. The van der Waals surface area contributed by atoms with Crippen LogP contribution in [0.5, 0.6) is 0 Å². The van der Waals surface area contributed by atoms with Gasteiger partial charge in [0.25, 0.3) is 0 Å². The summed E-state index contributed by atoms with van der Waals surface area (Å²) in [5.74, 6) is 0.936. The Hall–Kier alpha value is -1.26. The Balaban J connectivity index is 2.04. The van der Waals surface area contributed by atoms with Crippen LogP contribution in [-0.2, 0) is 19.3 Å². The van der Waals surface area contributed by atoms with Crippen molar-refractivity contribution < 1.29 is 0 Å². The quantitative estimate of drug-likeness (QED) is 0.844. The summed E-state index contributed by atoms with van der Waals surface area (Å²) in [6, 6.07) is 10.5. The lowest BCUT2D eigenvalue weighted by Gasteiger charge is -2.04. The van der Waals surface area contributed by atoms with Gasteiger partial charge in [0.2, 0.25) is 0 Å². The van der Waals surface area contributed by atoms with Gasteiger partial charge in [-0.1, -0.05) is 12.1 Å². The van der Waals surface area contributed by atoms with Crippen LogP contribution in [0.15, 0.2) is 35.2 Å². The Kier molecular flexibility index (Phi) is 3.86. The molecule has 3 nitrogen and oxygen atoms in total. The Morgan fingerprint density at radius 1 is 1.35 bits per heavy atom. The highest BCUT2D eigenvalue weighted by molar-refractivity contribution is 7.98. The number of nitrogens with zero attached hydrogens (tertiary/aromatic N) is 2. The van der Waals surface area contributed by atoms with Crippen molar-refractivity contribution in [3.05, 3.63) is 47.3 Å². The van der Waals surface area contributed by atoms with Gasteiger partial charge >= 0.3 is 0 Å². The number of aromatic nitrogens is 2. The maximum Gasteiger partial charge on any atom is 0.0596 e.